The Kier molecular flexibility index (Phi) is 5.29. The van der Waals surface area contributed by atoms with E-state index in [9.17, 15) is 22.4 Å². The smallest absolute Gasteiger partial charge is 0.371 e. The van der Waals surface area contributed by atoms with E-state index in [1.165, 1.54) is 24.3 Å². The molecule has 0 saturated carbocycles. The zero-order valence-corrected chi connectivity index (χ0v) is 14.9. The fraction of sp³-hybridized carbons (Fsp3) is 0.294. The third-order valence-electron chi connectivity index (χ3n) is 4.24. The molecule has 2 N–H and O–H groups in total. The Morgan fingerprint density at radius 3 is 2.56 bits per heavy atom. The molecule has 2 heterocycles. The van der Waals surface area contributed by atoms with Crippen LogP contribution in [0.15, 0.2) is 45.9 Å². The van der Waals surface area contributed by atoms with E-state index in [0.29, 0.717) is 18.4 Å². The monoisotopic (exact) mass is 396 g/mol. The third-order valence-corrected chi connectivity index (χ3v) is 6.02. The standard InChI is InChI=1S/C17H17FN2O6S/c18-12-5-3-11(4-6-12)10-19-16(21)13-2-1-9-20(13)27(24,25)15-8-7-14(26-15)17(22)23/h3-8,13H,1-2,9-10H2,(H,19,21)(H,22,23). The van der Waals surface area contributed by atoms with Gasteiger partial charge in [0.15, 0.2) is 0 Å². The van der Waals surface area contributed by atoms with E-state index in [1.807, 2.05) is 0 Å². The molecule has 1 amide bonds. The molecule has 0 radical (unpaired) electrons. The van der Waals surface area contributed by atoms with Gasteiger partial charge < -0.3 is 14.8 Å². The van der Waals surface area contributed by atoms with Crippen LogP contribution in [0.2, 0.25) is 0 Å². The van der Waals surface area contributed by atoms with Crippen LogP contribution >= 0.6 is 0 Å². The van der Waals surface area contributed by atoms with Gasteiger partial charge >= 0.3 is 5.97 Å². The SMILES string of the molecule is O=C(O)c1ccc(S(=O)(=O)N2CCCC2C(=O)NCc2ccc(F)cc2)o1. The van der Waals surface area contributed by atoms with Gasteiger partial charge in [-0.2, -0.15) is 4.31 Å². The number of rotatable bonds is 6. The van der Waals surface area contributed by atoms with E-state index >= 15 is 0 Å². The van der Waals surface area contributed by atoms with Crippen molar-refractivity contribution in [3.63, 3.8) is 0 Å². The number of benzene rings is 1. The van der Waals surface area contributed by atoms with Gasteiger partial charge in [-0.1, -0.05) is 12.1 Å². The molecule has 0 aliphatic carbocycles. The fourth-order valence-corrected chi connectivity index (χ4v) is 4.46. The molecule has 1 fully saturated rings. The Balaban J connectivity index is 1.72. The minimum absolute atomic E-state index is 0.125. The van der Waals surface area contributed by atoms with E-state index in [2.05, 4.69) is 5.32 Å². The van der Waals surface area contributed by atoms with Crippen molar-refractivity contribution in [1.82, 2.24) is 9.62 Å². The lowest BCUT2D eigenvalue weighted by Crippen LogP contribution is -2.45. The Hall–Kier alpha value is -2.72. The number of halogens is 1. The molecule has 3 rings (SSSR count). The molecule has 1 aliphatic rings. The Labute approximate surface area is 154 Å². The van der Waals surface area contributed by atoms with E-state index < -0.39 is 44.6 Å². The third kappa shape index (κ3) is 4.01. The van der Waals surface area contributed by atoms with Crippen molar-refractivity contribution in [2.75, 3.05) is 6.54 Å². The number of hydrogen-bond acceptors (Lipinski definition) is 5. The maximum atomic E-state index is 12.9. The molecule has 1 unspecified atom stereocenters. The number of carboxylic acids is 1. The summed E-state index contributed by atoms with van der Waals surface area (Å²) in [6.45, 7) is 0.257. The maximum absolute atomic E-state index is 12.9. The van der Waals surface area contributed by atoms with Crippen LogP contribution < -0.4 is 5.32 Å². The summed E-state index contributed by atoms with van der Waals surface area (Å²) in [6.07, 6.45) is 0.821. The van der Waals surface area contributed by atoms with Crippen LogP contribution in [-0.2, 0) is 21.4 Å². The Morgan fingerprint density at radius 2 is 1.93 bits per heavy atom. The van der Waals surface area contributed by atoms with E-state index in [1.54, 1.807) is 0 Å². The molecule has 1 saturated heterocycles. The van der Waals surface area contributed by atoms with Gasteiger partial charge in [0.05, 0.1) is 0 Å². The summed E-state index contributed by atoms with van der Waals surface area (Å²) in [5.74, 6) is -2.75. The molecule has 1 aromatic carbocycles. The second kappa shape index (κ2) is 7.49. The van der Waals surface area contributed by atoms with Gasteiger partial charge in [-0.15, -0.1) is 0 Å². The van der Waals surface area contributed by atoms with Gasteiger partial charge in [-0.3, -0.25) is 4.79 Å². The van der Waals surface area contributed by atoms with Crippen molar-refractivity contribution in [3.05, 3.63) is 53.5 Å². The first-order chi connectivity index (χ1) is 12.8. The first-order valence-electron chi connectivity index (χ1n) is 8.16. The number of nitrogens with one attached hydrogen (secondary N) is 1. The number of amides is 1. The van der Waals surface area contributed by atoms with E-state index in [-0.39, 0.29) is 13.1 Å². The summed E-state index contributed by atoms with van der Waals surface area (Å²) in [5.41, 5.74) is 0.675. The molecular formula is C17H17FN2O6S. The normalized spacial score (nSPS) is 17.7. The number of sulfonamides is 1. The van der Waals surface area contributed by atoms with Crippen LogP contribution in [0.3, 0.4) is 0 Å². The average molecular weight is 396 g/mol. The summed E-state index contributed by atoms with van der Waals surface area (Å²) in [7, 11) is -4.14. The molecule has 27 heavy (non-hydrogen) atoms. The van der Waals surface area contributed by atoms with Gasteiger partial charge in [-0.05, 0) is 42.7 Å². The number of aromatic carboxylic acids is 1. The summed E-state index contributed by atoms with van der Waals surface area (Å²) in [4.78, 5) is 23.4. The molecule has 144 valence electrons. The lowest BCUT2D eigenvalue weighted by atomic mass is 10.2. The highest BCUT2D eigenvalue weighted by molar-refractivity contribution is 7.89. The van der Waals surface area contributed by atoms with Crippen molar-refractivity contribution >= 4 is 21.9 Å². The largest absolute Gasteiger partial charge is 0.475 e. The van der Waals surface area contributed by atoms with Crippen molar-refractivity contribution < 1.29 is 31.9 Å². The van der Waals surface area contributed by atoms with Gasteiger partial charge in [0.25, 0.3) is 10.0 Å². The minimum Gasteiger partial charge on any atom is -0.475 e. The number of hydrogen-bond donors (Lipinski definition) is 2. The van der Waals surface area contributed by atoms with Crippen LogP contribution in [0.5, 0.6) is 0 Å². The first-order valence-corrected chi connectivity index (χ1v) is 9.60. The maximum Gasteiger partial charge on any atom is 0.371 e. The molecule has 1 atom stereocenters. The Bertz CT molecular complexity index is 954. The summed E-state index contributed by atoms with van der Waals surface area (Å²) in [5, 5.41) is 11.0. The Morgan fingerprint density at radius 1 is 1.22 bits per heavy atom. The molecule has 1 aliphatic heterocycles. The van der Waals surface area contributed by atoms with Crippen LogP contribution in [0.25, 0.3) is 0 Å². The molecule has 2 aromatic rings. The van der Waals surface area contributed by atoms with Crippen molar-refractivity contribution in [2.45, 2.75) is 30.5 Å². The van der Waals surface area contributed by atoms with Gasteiger partial charge in [0.1, 0.15) is 11.9 Å². The summed E-state index contributed by atoms with van der Waals surface area (Å²) < 4.78 is 44.3. The second-order valence-electron chi connectivity index (χ2n) is 6.04. The van der Waals surface area contributed by atoms with Crippen LogP contribution in [-0.4, -0.2) is 42.3 Å². The summed E-state index contributed by atoms with van der Waals surface area (Å²) in [6, 6.07) is 6.77. The topological polar surface area (TPSA) is 117 Å². The molecule has 0 spiro atoms. The van der Waals surface area contributed by atoms with Crippen molar-refractivity contribution in [2.24, 2.45) is 0 Å². The fourth-order valence-electron chi connectivity index (χ4n) is 2.89. The predicted octanol–water partition coefficient (Wildman–Crippen LogP) is 1.59. The zero-order chi connectivity index (χ0) is 19.6. The quantitative estimate of drug-likeness (QED) is 0.766. The zero-order valence-electron chi connectivity index (χ0n) is 14.1. The number of carbonyl (C=O) groups is 2. The predicted molar refractivity (Wildman–Crippen MR) is 90.8 cm³/mol. The van der Waals surface area contributed by atoms with Crippen LogP contribution in [0, 0.1) is 5.82 Å². The molecule has 1 aromatic heterocycles. The number of carbonyl (C=O) groups excluding carboxylic acids is 1. The minimum atomic E-state index is -4.14. The molecular weight excluding hydrogens is 379 g/mol. The van der Waals surface area contributed by atoms with Gasteiger partial charge in [-0.25, -0.2) is 17.6 Å². The second-order valence-corrected chi connectivity index (χ2v) is 7.86. The van der Waals surface area contributed by atoms with E-state index in [0.717, 1.165) is 16.4 Å². The molecule has 10 heteroatoms. The van der Waals surface area contributed by atoms with Crippen molar-refractivity contribution in [3.8, 4) is 0 Å². The van der Waals surface area contributed by atoms with Crippen LogP contribution in [0.4, 0.5) is 4.39 Å². The number of carboxylic acid groups (broad SMARTS) is 1. The highest BCUT2D eigenvalue weighted by Crippen LogP contribution is 2.27. The number of furan rings is 1. The molecule has 0 bridgehead atoms. The lowest BCUT2D eigenvalue weighted by Gasteiger charge is -2.22. The van der Waals surface area contributed by atoms with E-state index in [4.69, 9.17) is 9.52 Å². The van der Waals surface area contributed by atoms with Crippen molar-refractivity contribution in [1.29, 1.82) is 0 Å². The van der Waals surface area contributed by atoms with Gasteiger partial charge in [0, 0.05) is 13.1 Å². The summed E-state index contributed by atoms with van der Waals surface area (Å²) >= 11 is 0. The molecule has 8 nitrogen and oxygen atoms in total. The first kappa shape index (κ1) is 19.1. The highest BCUT2D eigenvalue weighted by Gasteiger charge is 2.41. The highest BCUT2D eigenvalue weighted by atomic mass is 32.2. The number of nitrogens with zero attached hydrogens (tertiary/aromatic N) is 1. The average Bonchev–Trinajstić information content (AvgIpc) is 3.31. The van der Waals surface area contributed by atoms with Crippen LogP contribution in [0.1, 0.15) is 29.0 Å². The lowest BCUT2D eigenvalue weighted by molar-refractivity contribution is -0.124. The van der Waals surface area contributed by atoms with Gasteiger partial charge in [0.2, 0.25) is 16.8 Å².